The number of benzene rings is 1. The molecule has 132 valence electrons. The van der Waals surface area contributed by atoms with Crippen LogP contribution in [0.1, 0.15) is 36.8 Å². The van der Waals surface area contributed by atoms with Gasteiger partial charge < -0.3 is 14.1 Å². The number of likely N-dealkylation sites (tertiary alicyclic amines) is 1. The first kappa shape index (κ1) is 16.5. The molecule has 1 fully saturated rings. The van der Waals surface area contributed by atoms with Gasteiger partial charge in [-0.15, -0.1) is 0 Å². The maximum Gasteiger partial charge on any atom is 0.339 e. The highest BCUT2D eigenvalue weighted by atomic mass is 35.5. The summed E-state index contributed by atoms with van der Waals surface area (Å²) >= 11 is 6.36. The standard InChI is InChI=1S/C19H20ClNO4/c20-15-9-14-12-5-1-2-6-13(12)19(23)25-16(14)10-17(15)24-11-18(22)21-7-3-4-8-21/h9-10H,1-8,11H2. The van der Waals surface area contributed by atoms with Crippen LogP contribution in [0.25, 0.3) is 11.0 Å². The second-order valence-electron chi connectivity index (χ2n) is 6.71. The van der Waals surface area contributed by atoms with Crippen molar-refractivity contribution < 1.29 is 13.9 Å². The predicted molar refractivity (Wildman–Crippen MR) is 95.4 cm³/mol. The van der Waals surface area contributed by atoms with E-state index in [1.807, 2.05) is 0 Å². The largest absolute Gasteiger partial charge is 0.482 e. The molecule has 1 aliphatic heterocycles. The van der Waals surface area contributed by atoms with Crippen LogP contribution in [-0.2, 0) is 17.6 Å². The number of aryl methyl sites for hydroxylation is 1. The van der Waals surface area contributed by atoms with Gasteiger partial charge in [0.25, 0.3) is 5.91 Å². The third-order valence-electron chi connectivity index (χ3n) is 5.09. The third kappa shape index (κ3) is 3.13. The molecule has 25 heavy (non-hydrogen) atoms. The Morgan fingerprint density at radius 3 is 2.60 bits per heavy atom. The SMILES string of the molecule is O=C(COc1cc2oc(=O)c3c(c2cc1Cl)CCCC3)N1CCCC1. The van der Waals surface area contributed by atoms with Crippen LogP contribution in [0.2, 0.25) is 5.02 Å². The molecule has 0 bridgehead atoms. The van der Waals surface area contributed by atoms with Crippen molar-refractivity contribution in [2.24, 2.45) is 0 Å². The molecule has 2 heterocycles. The van der Waals surface area contributed by atoms with Gasteiger partial charge in [0, 0.05) is 30.1 Å². The number of nitrogens with zero attached hydrogens (tertiary/aromatic N) is 1. The molecule has 4 rings (SSSR count). The molecule has 2 aromatic rings. The van der Waals surface area contributed by atoms with Gasteiger partial charge in [-0.25, -0.2) is 4.79 Å². The molecular formula is C19H20ClNO4. The van der Waals surface area contributed by atoms with Crippen molar-refractivity contribution in [3.8, 4) is 5.75 Å². The minimum atomic E-state index is -0.274. The lowest BCUT2D eigenvalue weighted by molar-refractivity contribution is -0.132. The van der Waals surface area contributed by atoms with Gasteiger partial charge in [-0.3, -0.25) is 4.79 Å². The highest BCUT2D eigenvalue weighted by Gasteiger charge is 2.21. The minimum Gasteiger partial charge on any atom is -0.482 e. The van der Waals surface area contributed by atoms with Gasteiger partial charge in [0.1, 0.15) is 11.3 Å². The van der Waals surface area contributed by atoms with Crippen LogP contribution in [0, 0.1) is 0 Å². The average molecular weight is 362 g/mol. The number of hydrogen-bond acceptors (Lipinski definition) is 4. The molecule has 0 unspecified atom stereocenters. The van der Waals surface area contributed by atoms with Gasteiger partial charge in [0.2, 0.25) is 0 Å². The highest BCUT2D eigenvalue weighted by molar-refractivity contribution is 6.32. The summed E-state index contributed by atoms with van der Waals surface area (Å²) in [6, 6.07) is 3.42. The van der Waals surface area contributed by atoms with Crippen LogP contribution < -0.4 is 10.4 Å². The molecule has 0 radical (unpaired) electrons. The first-order valence-corrected chi connectivity index (χ1v) is 9.20. The van der Waals surface area contributed by atoms with Crippen molar-refractivity contribution in [1.29, 1.82) is 0 Å². The van der Waals surface area contributed by atoms with E-state index in [4.69, 9.17) is 20.8 Å². The predicted octanol–water partition coefficient (Wildman–Crippen LogP) is 3.33. The zero-order valence-corrected chi connectivity index (χ0v) is 14.7. The quantitative estimate of drug-likeness (QED) is 0.787. The number of hydrogen-bond donors (Lipinski definition) is 0. The molecule has 0 saturated carbocycles. The summed E-state index contributed by atoms with van der Waals surface area (Å²) in [5, 5.41) is 1.31. The summed E-state index contributed by atoms with van der Waals surface area (Å²) < 4.78 is 11.1. The van der Waals surface area contributed by atoms with Crippen molar-refractivity contribution in [2.45, 2.75) is 38.5 Å². The monoisotopic (exact) mass is 361 g/mol. The van der Waals surface area contributed by atoms with Crippen molar-refractivity contribution in [2.75, 3.05) is 19.7 Å². The Hall–Kier alpha value is -2.01. The van der Waals surface area contributed by atoms with E-state index >= 15 is 0 Å². The third-order valence-corrected chi connectivity index (χ3v) is 5.38. The molecule has 1 amide bonds. The fourth-order valence-electron chi connectivity index (χ4n) is 3.75. The van der Waals surface area contributed by atoms with Gasteiger partial charge in [0.05, 0.1) is 5.02 Å². The van der Waals surface area contributed by atoms with E-state index in [1.54, 1.807) is 17.0 Å². The number of halogens is 1. The summed E-state index contributed by atoms with van der Waals surface area (Å²) in [6.07, 6.45) is 5.77. The molecule has 0 spiro atoms. The van der Waals surface area contributed by atoms with Crippen LogP contribution in [0.4, 0.5) is 0 Å². The molecule has 0 atom stereocenters. The first-order chi connectivity index (χ1) is 12.1. The number of ether oxygens (including phenoxy) is 1. The number of rotatable bonds is 3. The fraction of sp³-hybridized carbons (Fsp3) is 0.474. The Bertz CT molecular complexity index is 883. The van der Waals surface area contributed by atoms with E-state index in [2.05, 4.69) is 0 Å². The second kappa shape index (κ2) is 6.71. The van der Waals surface area contributed by atoms with Crippen molar-refractivity contribution in [1.82, 2.24) is 4.90 Å². The van der Waals surface area contributed by atoms with Crippen LogP contribution in [0.15, 0.2) is 21.3 Å². The Morgan fingerprint density at radius 2 is 1.84 bits per heavy atom. The minimum absolute atomic E-state index is 0.0412. The van der Waals surface area contributed by atoms with Crippen molar-refractivity contribution in [3.63, 3.8) is 0 Å². The van der Waals surface area contributed by atoms with Crippen molar-refractivity contribution >= 4 is 28.5 Å². The maximum atomic E-state index is 12.2. The number of carbonyl (C=O) groups excluding carboxylic acids is 1. The van der Waals surface area contributed by atoms with E-state index in [1.165, 1.54) is 0 Å². The Kier molecular flexibility index (Phi) is 4.42. The molecule has 5 nitrogen and oxygen atoms in total. The second-order valence-corrected chi connectivity index (χ2v) is 7.12. The van der Waals surface area contributed by atoms with Crippen LogP contribution in [0.5, 0.6) is 5.75 Å². The molecule has 6 heteroatoms. The van der Waals surface area contributed by atoms with Crippen LogP contribution in [-0.4, -0.2) is 30.5 Å². The summed E-state index contributed by atoms with van der Waals surface area (Å²) in [7, 11) is 0. The lowest BCUT2D eigenvalue weighted by atomic mass is 9.91. The first-order valence-electron chi connectivity index (χ1n) is 8.82. The van der Waals surface area contributed by atoms with Gasteiger partial charge in [-0.05, 0) is 50.2 Å². The highest BCUT2D eigenvalue weighted by Crippen LogP contribution is 2.34. The summed E-state index contributed by atoms with van der Waals surface area (Å²) in [6.45, 7) is 1.52. The van der Waals surface area contributed by atoms with Crippen molar-refractivity contribution in [3.05, 3.63) is 38.7 Å². The topological polar surface area (TPSA) is 59.8 Å². The Labute approximate surface area is 150 Å². The fourth-order valence-corrected chi connectivity index (χ4v) is 3.97. The smallest absolute Gasteiger partial charge is 0.339 e. The molecule has 1 aromatic heterocycles. The van der Waals surface area contributed by atoms with Gasteiger partial charge in [0.15, 0.2) is 6.61 Å². The summed E-state index contributed by atoms with van der Waals surface area (Å²) in [4.78, 5) is 26.1. The molecule has 1 saturated heterocycles. The van der Waals surface area contributed by atoms with Crippen LogP contribution in [0.3, 0.4) is 0 Å². The normalized spacial score (nSPS) is 16.9. The Morgan fingerprint density at radius 1 is 1.12 bits per heavy atom. The number of carbonyl (C=O) groups is 1. The molecule has 0 N–H and O–H groups in total. The lowest BCUT2D eigenvalue weighted by Crippen LogP contribution is -2.32. The molecule has 1 aromatic carbocycles. The Balaban J connectivity index is 1.63. The lowest BCUT2D eigenvalue weighted by Gasteiger charge is -2.18. The number of fused-ring (bicyclic) bond motifs is 3. The molecule has 2 aliphatic rings. The zero-order chi connectivity index (χ0) is 17.4. The van der Waals surface area contributed by atoms with Gasteiger partial charge >= 0.3 is 5.63 Å². The zero-order valence-electron chi connectivity index (χ0n) is 14.0. The summed E-state index contributed by atoms with van der Waals surface area (Å²) in [5.41, 5.74) is 2.01. The number of amides is 1. The molecular weight excluding hydrogens is 342 g/mol. The molecule has 1 aliphatic carbocycles. The van der Waals surface area contributed by atoms with Crippen LogP contribution >= 0.6 is 11.6 Å². The van der Waals surface area contributed by atoms with Gasteiger partial charge in [-0.1, -0.05) is 11.6 Å². The van der Waals surface area contributed by atoms with E-state index in [0.717, 1.165) is 68.1 Å². The van der Waals surface area contributed by atoms with E-state index in [9.17, 15) is 9.59 Å². The van der Waals surface area contributed by atoms with E-state index < -0.39 is 0 Å². The maximum absolute atomic E-state index is 12.2. The van der Waals surface area contributed by atoms with E-state index in [0.29, 0.717) is 16.4 Å². The van der Waals surface area contributed by atoms with Gasteiger partial charge in [-0.2, -0.15) is 0 Å². The van der Waals surface area contributed by atoms with E-state index in [-0.39, 0.29) is 18.1 Å². The summed E-state index contributed by atoms with van der Waals surface area (Å²) in [5.74, 6) is 0.334. The average Bonchev–Trinajstić information content (AvgIpc) is 3.15.